The van der Waals surface area contributed by atoms with Crippen LogP contribution in [0.4, 0.5) is 11.4 Å². The van der Waals surface area contributed by atoms with E-state index in [2.05, 4.69) is 77.9 Å². The van der Waals surface area contributed by atoms with Crippen LogP contribution in [0.5, 0.6) is 23.0 Å². The number of hydrogen-bond donors (Lipinski definition) is 4. The minimum Gasteiger partial charge on any atom is -0.869 e. The van der Waals surface area contributed by atoms with E-state index in [1.807, 2.05) is 0 Å². The van der Waals surface area contributed by atoms with Gasteiger partial charge in [-0.15, -0.1) is 0 Å². The van der Waals surface area contributed by atoms with Crippen molar-refractivity contribution in [2.24, 2.45) is 9.98 Å². The summed E-state index contributed by atoms with van der Waals surface area (Å²) in [5.74, 6) is -5.34. The van der Waals surface area contributed by atoms with Gasteiger partial charge in [0, 0.05) is 0 Å². The van der Waals surface area contributed by atoms with Gasteiger partial charge in [0.25, 0.3) is 0 Å². The Balaban J connectivity index is 0.000000766. The second-order valence-electron chi connectivity index (χ2n) is 18.0. The van der Waals surface area contributed by atoms with Gasteiger partial charge in [-0.1, -0.05) is 142 Å². The van der Waals surface area contributed by atoms with Crippen molar-refractivity contribution in [3.63, 3.8) is 0 Å². The number of aromatic hydroxyl groups is 2. The maximum absolute atomic E-state index is 11.0. The Morgan fingerprint density at radius 2 is 0.725 bits per heavy atom. The standard InChI is InChI=1S/C42H68N2.2C8H8O4.Ni/c1-7-13-19-23-35-29-36(24-20-14-8-2)32-39(31-35)43-41(27-17-11-5)42(28-18-12-6)44-40-33-37(25-21-15-9-3)30-38(34-40)26-22-16-10-4;2*1-4-2-3-5(9)7(10)6(4)8(11)12;/h29-34H,7-28H2,1-6H3;2*2-3,9-10H,1H3,(H,11,12);/q;;;+2/p-2. The molecule has 0 aliphatic carbocycles. The monoisotopic (exact) mass is 993 g/mol. The second-order valence-corrected chi connectivity index (χ2v) is 18.0. The maximum Gasteiger partial charge on any atom is 2.00 e. The smallest absolute Gasteiger partial charge is 0.869 e. The van der Waals surface area contributed by atoms with Gasteiger partial charge in [0.05, 0.1) is 33.9 Å². The number of rotatable bonds is 27. The van der Waals surface area contributed by atoms with E-state index >= 15 is 0 Å². The fourth-order valence-electron chi connectivity index (χ4n) is 7.91. The number of aliphatic imine (C=N–C) groups is 2. The molecule has 0 radical (unpaired) electrons. The molecule has 0 spiro atoms. The molecule has 0 amide bonds. The minimum absolute atomic E-state index is 0. The number of hydrogen-bond acceptors (Lipinski definition) is 8. The summed E-state index contributed by atoms with van der Waals surface area (Å²) in [6, 6.07) is 19.6. The van der Waals surface area contributed by atoms with Crippen molar-refractivity contribution in [2.75, 3.05) is 0 Å². The Hall–Kier alpha value is -5.15. The van der Waals surface area contributed by atoms with E-state index in [4.69, 9.17) is 30.4 Å². The van der Waals surface area contributed by atoms with Crippen LogP contribution in [0, 0.1) is 13.8 Å². The number of aryl methyl sites for hydroxylation is 6. The molecular formula is C58H82N2NiO8. The van der Waals surface area contributed by atoms with Crippen LogP contribution in [0.3, 0.4) is 0 Å². The van der Waals surface area contributed by atoms with Crippen molar-refractivity contribution >= 4 is 34.7 Å². The number of phenolic OH excluding ortho intramolecular Hbond substituents is 2. The van der Waals surface area contributed by atoms with E-state index in [-0.39, 0.29) is 27.6 Å². The number of nitrogens with zero attached hydrogens (tertiary/aromatic N) is 2. The number of unbranched alkanes of at least 4 members (excludes halogenated alkanes) is 10. The predicted molar refractivity (Wildman–Crippen MR) is 278 cm³/mol. The Kier molecular flexibility index (Phi) is 31.4. The van der Waals surface area contributed by atoms with Crippen LogP contribution >= 0.6 is 0 Å². The van der Waals surface area contributed by atoms with Gasteiger partial charge in [-0.25, -0.2) is 9.59 Å². The van der Waals surface area contributed by atoms with Crippen molar-refractivity contribution < 1.29 is 56.7 Å². The van der Waals surface area contributed by atoms with Gasteiger partial charge in [-0.2, -0.15) is 0 Å². The summed E-state index contributed by atoms with van der Waals surface area (Å²) in [7, 11) is 0. The average Bonchev–Trinajstić information content (AvgIpc) is 3.30. The Bertz CT molecular complexity index is 2000. The van der Waals surface area contributed by atoms with Gasteiger partial charge in [0.2, 0.25) is 0 Å². The van der Waals surface area contributed by atoms with E-state index in [1.54, 1.807) is 0 Å². The molecule has 11 heteroatoms. The van der Waals surface area contributed by atoms with Gasteiger partial charge in [-0.05, 0) is 161 Å². The van der Waals surface area contributed by atoms with Gasteiger partial charge < -0.3 is 30.6 Å². The number of aromatic carboxylic acids is 2. The molecule has 4 aromatic rings. The first kappa shape index (κ1) is 61.9. The summed E-state index contributed by atoms with van der Waals surface area (Å²) in [5.41, 5.74) is 10.6. The summed E-state index contributed by atoms with van der Waals surface area (Å²) in [6.45, 7) is 16.8. The van der Waals surface area contributed by atoms with Crippen molar-refractivity contribution in [2.45, 2.75) is 197 Å². The number of benzene rings is 4. The molecule has 0 saturated carbocycles. The van der Waals surface area contributed by atoms with Crippen molar-refractivity contribution in [1.82, 2.24) is 0 Å². The molecule has 4 aromatic carbocycles. The molecule has 0 atom stereocenters. The molecule has 0 unspecified atom stereocenters. The third-order valence-corrected chi connectivity index (χ3v) is 11.9. The summed E-state index contributed by atoms with van der Waals surface area (Å²) in [6.07, 6.45) is 26.6. The largest absolute Gasteiger partial charge is 2.00 e. The molecule has 0 heterocycles. The van der Waals surface area contributed by atoms with Crippen molar-refractivity contribution in [1.29, 1.82) is 0 Å². The molecule has 4 N–H and O–H groups in total. The van der Waals surface area contributed by atoms with E-state index in [0.29, 0.717) is 11.1 Å². The van der Waals surface area contributed by atoms with Crippen LogP contribution in [0.1, 0.15) is 211 Å². The molecule has 0 bridgehead atoms. The fraction of sp³-hybridized carbons (Fsp3) is 0.517. The summed E-state index contributed by atoms with van der Waals surface area (Å²) in [4.78, 5) is 31.9. The number of carboxylic acids is 2. The third kappa shape index (κ3) is 22.9. The fourth-order valence-corrected chi connectivity index (χ4v) is 7.91. The summed E-state index contributed by atoms with van der Waals surface area (Å²) >= 11 is 0. The first-order valence-corrected chi connectivity index (χ1v) is 25.5. The molecule has 4 rings (SSSR count). The predicted octanol–water partition coefficient (Wildman–Crippen LogP) is 14.8. The minimum atomic E-state index is -1.31. The summed E-state index contributed by atoms with van der Waals surface area (Å²) in [5, 5.41) is 56.9. The van der Waals surface area contributed by atoms with E-state index in [1.165, 1.54) is 162 Å². The van der Waals surface area contributed by atoms with Crippen LogP contribution in [-0.2, 0) is 42.2 Å². The molecule has 0 fully saturated rings. The molecular weight excluding hydrogens is 911 g/mol. The molecule has 0 saturated heterocycles. The SMILES string of the molecule is CCCCCc1cc(CCCCC)cc(N=C(CCCC)C(CCCC)=Nc2cc(CCCCC)cc(CCCCC)c2)c1.Cc1ccc(O)c([O-])c1C(=O)O.Cc1ccc(O)c([O-])c1C(=O)O.[Ni+2]. The Morgan fingerprint density at radius 1 is 0.449 bits per heavy atom. The van der Waals surface area contributed by atoms with Crippen LogP contribution in [-0.4, -0.2) is 43.8 Å². The van der Waals surface area contributed by atoms with E-state index in [0.717, 1.165) is 62.7 Å². The molecule has 0 aliphatic heterocycles. The zero-order valence-corrected chi connectivity index (χ0v) is 43.9. The molecule has 10 nitrogen and oxygen atoms in total. The second kappa shape index (κ2) is 35.0. The zero-order chi connectivity index (χ0) is 50.4. The van der Waals surface area contributed by atoms with Gasteiger partial charge in [0.1, 0.15) is 11.5 Å². The third-order valence-electron chi connectivity index (χ3n) is 11.9. The normalized spacial score (nSPS) is 11.2. The van der Waals surface area contributed by atoms with E-state index in [9.17, 15) is 19.8 Å². The van der Waals surface area contributed by atoms with Crippen LogP contribution < -0.4 is 10.2 Å². The average molecular weight is 994 g/mol. The van der Waals surface area contributed by atoms with Crippen LogP contribution in [0.2, 0.25) is 0 Å². The molecule has 382 valence electrons. The van der Waals surface area contributed by atoms with Gasteiger partial charge in [0.15, 0.2) is 0 Å². The molecule has 0 aliphatic rings. The topological polar surface area (TPSA) is 186 Å². The van der Waals surface area contributed by atoms with Crippen molar-refractivity contribution in [3.8, 4) is 23.0 Å². The maximum atomic E-state index is 11.0. The van der Waals surface area contributed by atoms with Crippen molar-refractivity contribution in [3.05, 3.63) is 105 Å². The number of phenols is 2. The first-order chi connectivity index (χ1) is 32.6. The Morgan fingerprint density at radius 3 is 0.957 bits per heavy atom. The Labute approximate surface area is 424 Å². The molecule has 69 heavy (non-hydrogen) atoms. The first-order valence-electron chi connectivity index (χ1n) is 25.5. The number of carbonyl (C=O) groups is 2. The molecule has 0 aromatic heterocycles. The van der Waals surface area contributed by atoms with Gasteiger partial charge in [-0.3, -0.25) is 9.98 Å². The zero-order valence-electron chi connectivity index (χ0n) is 43.0. The number of carboxylic acid groups (broad SMARTS) is 2. The van der Waals surface area contributed by atoms with Crippen LogP contribution in [0.25, 0.3) is 0 Å². The van der Waals surface area contributed by atoms with Crippen LogP contribution in [0.15, 0.2) is 70.6 Å². The quantitative estimate of drug-likeness (QED) is 0.0258. The van der Waals surface area contributed by atoms with E-state index < -0.39 is 34.9 Å². The van der Waals surface area contributed by atoms with Gasteiger partial charge >= 0.3 is 28.4 Å². The summed E-state index contributed by atoms with van der Waals surface area (Å²) < 4.78 is 0.